The Morgan fingerprint density at radius 3 is 2.67 bits per heavy atom. The smallest absolute Gasteiger partial charge is 0.135 e. The average Bonchev–Trinajstić information content (AvgIpc) is 1.96. The molecule has 0 saturated carbocycles. The zero-order chi connectivity index (χ0) is 9.14. The van der Waals surface area contributed by atoms with Crippen LogP contribution in [0, 0.1) is 0 Å². The molecule has 0 radical (unpaired) electrons. The number of hydrogen-bond acceptors (Lipinski definition) is 1. The molecule has 1 nitrogen and oxygen atoms in total. The Hall–Kier alpha value is -0.210. The molecule has 0 heterocycles. The maximum Gasteiger partial charge on any atom is 0.135 e. The van der Waals surface area contributed by atoms with E-state index in [4.69, 9.17) is 16.3 Å². The summed E-state index contributed by atoms with van der Waals surface area (Å²) >= 11 is 9.17. The zero-order valence-electron chi connectivity index (χ0n) is 6.97. The van der Waals surface area contributed by atoms with Crippen molar-refractivity contribution in [1.29, 1.82) is 0 Å². The number of ether oxygens (including phenoxy) is 1. The second-order valence-corrected chi connectivity index (χ2v) is 4.03. The van der Waals surface area contributed by atoms with Crippen LogP contribution in [-0.2, 0) is 0 Å². The molecular weight excluding hydrogens is 239 g/mol. The third-order valence-corrected chi connectivity index (χ3v) is 2.15. The van der Waals surface area contributed by atoms with Gasteiger partial charge < -0.3 is 4.74 Å². The SMILES string of the molecule is CC(C)Oc1cc(Cl)ccc1Br. The number of halogens is 2. The molecule has 1 aromatic carbocycles. The van der Waals surface area contributed by atoms with E-state index in [-0.39, 0.29) is 6.10 Å². The van der Waals surface area contributed by atoms with E-state index in [2.05, 4.69) is 15.9 Å². The van der Waals surface area contributed by atoms with Crippen molar-refractivity contribution in [1.82, 2.24) is 0 Å². The number of rotatable bonds is 2. The zero-order valence-corrected chi connectivity index (χ0v) is 9.32. The summed E-state index contributed by atoms with van der Waals surface area (Å²) in [5.41, 5.74) is 0. The fourth-order valence-electron chi connectivity index (χ4n) is 0.821. The largest absolute Gasteiger partial charge is 0.490 e. The molecule has 0 saturated heterocycles. The highest BCUT2D eigenvalue weighted by Gasteiger charge is 2.03. The molecule has 0 spiro atoms. The highest BCUT2D eigenvalue weighted by Crippen LogP contribution is 2.28. The molecular formula is C9H10BrClO. The Kier molecular flexibility index (Phi) is 3.41. The van der Waals surface area contributed by atoms with Gasteiger partial charge in [-0.15, -0.1) is 0 Å². The quantitative estimate of drug-likeness (QED) is 0.773. The van der Waals surface area contributed by atoms with E-state index < -0.39 is 0 Å². The molecule has 0 aliphatic carbocycles. The van der Waals surface area contributed by atoms with Gasteiger partial charge in [0.05, 0.1) is 10.6 Å². The van der Waals surface area contributed by atoms with Crippen LogP contribution in [0.25, 0.3) is 0 Å². The molecule has 0 aromatic heterocycles. The Balaban J connectivity index is 2.90. The summed E-state index contributed by atoms with van der Waals surface area (Å²) in [6, 6.07) is 5.49. The summed E-state index contributed by atoms with van der Waals surface area (Å²) in [6.07, 6.45) is 0.166. The van der Waals surface area contributed by atoms with Crippen LogP contribution in [0.1, 0.15) is 13.8 Å². The second-order valence-electron chi connectivity index (χ2n) is 2.74. The molecule has 0 fully saturated rings. The summed E-state index contributed by atoms with van der Waals surface area (Å²) in [5.74, 6) is 0.789. The molecule has 0 amide bonds. The minimum absolute atomic E-state index is 0.166. The van der Waals surface area contributed by atoms with Crippen molar-refractivity contribution in [2.24, 2.45) is 0 Å². The van der Waals surface area contributed by atoms with E-state index in [1.165, 1.54) is 0 Å². The standard InChI is InChI=1S/C9H10BrClO/c1-6(2)12-9-5-7(11)3-4-8(9)10/h3-6H,1-2H3. The lowest BCUT2D eigenvalue weighted by Crippen LogP contribution is -2.05. The van der Waals surface area contributed by atoms with Gasteiger partial charge in [0, 0.05) is 5.02 Å². The first-order valence-electron chi connectivity index (χ1n) is 3.71. The van der Waals surface area contributed by atoms with E-state index >= 15 is 0 Å². The van der Waals surface area contributed by atoms with Gasteiger partial charge in [0.15, 0.2) is 0 Å². The van der Waals surface area contributed by atoms with Gasteiger partial charge in [-0.1, -0.05) is 11.6 Å². The van der Waals surface area contributed by atoms with Gasteiger partial charge in [-0.3, -0.25) is 0 Å². The monoisotopic (exact) mass is 248 g/mol. The normalized spacial score (nSPS) is 10.4. The first-order valence-corrected chi connectivity index (χ1v) is 4.88. The van der Waals surface area contributed by atoms with Gasteiger partial charge >= 0.3 is 0 Å². The van der Waals surface area contributed by atoms with Crippen molar-refractivity contribution in [3.05, 3.63) is 27.7 Å². The summed E-state index contributed by atoms with van der Waals surface area (Å²) < 4.78 is 6.43. The molecule has 0 aliphatic heterocycles. The molecule has 0 aliphatic rings. The van der Waals surface area contributed by atoms with Gasteiger partial charge in [0.2, 0.25) is 0 Å². The Labute approximate surface area is 85.8 Å². The van der Waals surface area contributed by atoms with Crippen molar-refractivity contribution in [2.45, 2.75) is 20.0 Å². The predicted octanol–water partition coefficient (Wildman–Crippen LogP) is 3.89. The fourth-order valence-corrected chi connectivity index (χ4v) is 1.32. The molecule has 66 valence electrons. The predicted molar refractivity (Wildman–Crippen MR) is 54.9 cm³/mol. The third kappa shape index (κ3) is 2.68. The fraction of sp³-hybridized carbons (Fsp3) is 0.333. The third-order valence-electron chi connectivity index (χ3n) is 1.26. The Morgan fingerprint density at radius 1 is 1.42 bits per heavy atom. The first-order chi connectivity index (χ1) is 5.59. The molecule has 1 rings (SSSR count). The minimum Gasteiger partial charge on any atom is -0.490 e. The van der Waals surface area contributed by atoms with Crippen molar-refractivity contribution in [3.8, 4) is 5.75 Å². The van der Waals surface area contributed by atoms with Gasteiger partial charge in [0.25, 0.3) is 0 Å². The Morgan fingerprint density at radius 2 is 2.08 bits per heavy atom. The highest BCUT2D eigenvalue weighted by molar-refractivity contribution is 9.10. The van der Waals surface area contributed by atoms with Gasteiger partial charge in [-0.25, -0.2) is 0 Å². The summed E-state index contributed by atoms with van der Waals surface area (Å²) in [4.78, 5) is 0. The summed E-state index contributed by atoms with van der Waals surface area (Å²) in [5, 5.41) is 0.689. The van der Waals surface area contributed by atoms with Crippen LogP contribution in [0.15, 0.2) is 22.7 Å². The number of benzene rings is 1. The van der Waals surface area contributed by atoms with E-state index in [9.17, 15) is 0 Å². The van der Waals surface area contributed by atoms with E-state index in [1.54, 1.807) is 6.07 Å². The Bertz CT molecular complexity index is 273. The van der Waals surface area contributed by atoms with Gasteiger partial charge in [0.1, 0.15) is 5.75 Å². The van der Waals surface area contributed by atoms with Crippen molar-refractivity contribution < 1.29 is 4.74 Å². The van der Waals surface area contributed by atoms with Crippen LogP contribution in [0.2, 0.25) is 5.02 Å². The van der Waals surface area contributed by atoms with Crippen molar-refractivity contribution in [3.63, 3.8) is 0 Å². The van der Waals surface area contributed by atoms with Crippen molar-refractivity contribution in [2.75, 3.05) is 0 Å². The molecule has 1 aromatic rings. The molecule has 0 N–H and O–H groups in total. The topological polar surface area (TPSA) is 9.23 Å². The van der Waals surface area contributed by atoms with Crippen LogP contribution in [0.3, 0.4) is 0 Å². The van der Waals surface area contributed by atoms with Gasteiger partial charge in [-0.2, -0.15) is 0 Å². The van der Waals surface area contributed by atoms with Crippen LogP contribution in [0.5, 0.6) is 5.75 Å². The lowest BCUT2D eigenvalue weighted by molar-refractivity contribution is 0.241. The van der Waals surface area contributed by atoms with Crippen LogP contribution < -0.4 is 4.74 Å². The molecule has 3 heteroatoms. The maximum absolute atomic E-state index is 5.80. The lowest BCUT2D eigenvalue weighted by Gasteiger charge is -2.11. The highest BCUT2D eigenvalue weighted by atomic mass is 79.9. The lowest BCUT2D eigenvalue weighted by atomic mass is 10.3. The van der Waals surface area contributed by atoms with Crippen LogP contribution in [0.4, 0.5) is 0 Å². The van der Waals surface area contributed by atoms with Crippen molar-refractivity contribution >= 4 is 27.5 Å². The van der Waals surface area contributed by atoms with Crippen LogP contribution in [-0.4, -0.2) is 6.10 Å². The second kappa shape index (κ2) is 4.15. The molecule has 0 atom stereocenters. The van der Waals surface area contributed by atoms with Gasteiger partial charge in [-0.05, 0) is 48.0 Å². The molecule has 0 unspecified atom stereocenters. The first kappa shape index (κ1) is 9.87. The van der Waals surface area contributed by atoms with E-state index in [0.29, 0.717) is 5.02 Å². The molecule has 0 bridgehead atoms. The van der Waals surface area contributed by atoms with Crippen LogP contribution >= 0.6 is 27.5 Å². The maximum atomic E-state index is 5.80. The van der Waals surface area contributed by atoms with E-state index in [1.807, 2.05) is 26.0 Å². The summed E-state index contributed by atoms with van der Waals surface area (Å²) in [7, 11) is 0. The average molecular weight is 250 g/mol. The molecule has 12 heavy (non-hydrogen) atoms. The minimum atomic E-state index is 0.166. The number of hydrogen-bond donors (Lipinski definition) is 0. The summed E-state index contributed by atoms with van der Waals surface area (Å²) in [6.45, 7) is 3.96. The van der Waals surface area contributed by atoms with E-state index in [0.717, 1.165) is 10.2 Å².